The molecule has 0 aromatic heterocycles. The average molecular weight is 369 g/mol. The maximum absolute atomic E-state index is 12.4. The summed E-state index contributed by atoms with van der Waals surface area (Å²) in [6.45, 7) is 1.94. The van der Waals surface area contributed by atoms with Crippen LogP contribution >= 0.6 is 0 Å². The van der Waals surface area contributed by atoms with Crippen LogP contribution in [0.1, 0.15) is 23.6 Å². The second-order valence-electron chi connectivity index (χ2n) is 6.50. The smallest absolute Gasteiger partial charge is 0.319 e. The van der Waals surface area contributed by atoms with E-state index in [0.29, 0.717) is 23.5 Å². The molecule has 0 bridgehead atoms. The fraction of sp³-hybridized carbons (Fsp3) is 0.300. The number of aliphatic hydroxyl groups is 1. The molecule has 3 amide bonds. The molecule has 0 aliphatic carbocycles. The number of likely N-dealkylation sites (N-methyl/N-ethyl adjacent to an activating group) is 1. The molecule has 7 nitrogen and oxygen atoms in total. The Labute approximate surface area is 157 Å². The van der Waals surface area contributed by atoms with Crippen molar-refractivity contribution in [2.75, 3.05) is 30.5 Å². The van der Waals surface area contributed by atoms with E-state index < -0.39 is 0 Å². The molecule has 27 heavy (non-hydrogen) atoms. The third-order valence-electron chi connectivity index (χ3n) is 4.51. The first-order valence-corrected chi connectivity index (χ1v) is 8.76. The summed E-state index contributed by atoms with van der Waals surface area (Å²) in [5.74, 6) is 0.422. The monoisotopic (exact) mass is 369 g/mol. The van der Waals surface area contributed by atoms with E-state index in [0.717, 1.165) is 11.1 Å². The van der Waals surface area contributed by atoms with E-state index in [-0.39, 0.29) is 31.2 Å². The molecule has 0 radical (unpaired) electrons. The number of ether oxygens (including phenoxy) is 1. The Kier molecular flexibility index (Phi) is 5.61. The molecular formula is C20H23N3O4. The predicted octanol–water partition coefficient (Wildman–Crippen LogP) is 2.60. The summed E-state index contributed by atoms with van der Waals surface area (Å²) in [5.41, 5.74) is 3.28. The lowest BCUT2D eigenvalue weighted by Gasteiger charge is -2.26. The quantitative estimate of drug-likeness (QED) is 0.756. The second kappa shape index (κ2) is 8.09. The zero-order valence-corrected chi connectivity index (χ0v) is 15.4. The highest BCUT2D eigenvalue weighted by atomic mass is 16.5. The van der Waals surface area contributed by atoms with Gasteiger partial charge in [-0.1, -0.05) is 29.8 Å². The number of amides is 3. The number of carbonyl (C=O) groups is 2. The van der Waals surface area contributed by atoms with Gasteiger partial charge in [0.25, 0.3) is 5.91 Å². The molecule has 1 atom stereocenters. The summed E-state index contributed by atoms with van der Waals surface area (Å²) < 4.78 is 5.43. The maximum atomic E-state index is 12.4. The second-order valence-corrected chi connectivity index (χ2v) is 6.50. The van der Waals surface area contributed by atoms with Crippen molar-refractivity contribution in [1.29, 1.82) is 0 Å². The number of rotatable bonds is 5. The summed E-state index contributed by atoms with van der Waals surface area (Å²) in [6, 6.07) is 12.3. The van der Waals surface area contributed by atoms with Gasteiger partial charge in [-0.25, -0.2) is 4.79 Å². The normalized spacial score (nSPS) is 14.2. The summed E-state index contributed by atoms with van der Waals surface area (Å²) >= 11 is 0. The highest BCUT2D eigenvalue weighted by Gasteiger charge is 2.22. The van der Waals surface area contributed by atoms with E-state index in [9.17, 15) is 14.7 Å². The fourth-order valence-corrected chi connectivity index (χ4v) is 2.93. The average Bonchev–Trinajstić information content (AvgIpc) is 2.65. The van der Waals surface area contributed by atoms with Crippen molar-refractivity contribution in [2.45, 2.75) is 19.4 Å². The number of fused-ring (bicyclic) bond motifs is 1. The lowest BCUT2D eigenvalue weighted by atomic mass is 10.0. The molecule has 0 saturated heterocycles. The zero-order chi connectivity index (χ0) is 19.4. The van der Waals surface area contributed by atoms with Gasteiger partial charge in [-0.2, -0.15) is 0 Å². The lowest BCUT2D eigenvalue weighted by Crippen LogP contribution is -2.35. The van der Waals surface area contributed by atoms with Gasteiger partial charge in [0.15, 0.2) is 6.61 Å². The first-order valence-electron chi connectivity index (χ1n) is 8.76. The number of benzene rings is 2. The number of aryl methyl sites for hydroxylation is 1. The minimum atomic E-state index is -0.380. The van der Waals surface area contributed by atoms with E-state index in [1.807, 2.05) is 31.2 Å². The molecule has 7 heteroatoms. The SMILES string of the molecule is Cc1ccc([C@H](CCO)NC(=O)Nc2ccc3c(c2)OCC(=O)N3C)cc1. The minimum absolute atomic E-state index is 0.0227. The molecule has 1 aliphatic heterocycles. The van der Waals surface area contributed by atoms with Gasteiger partial charge >= 0.3 is 6.03 Å². The molecule has 0 saturated carbocycles. The van der Waals surface area contributed by atoms with Crippen LogP contribution in [0.4, 0.5) is 16.2 Å². The molecule has 1 aliphatic rings. The van der Waals surface area contributed by atoms with Gasteiger partial charge in [-0.05, 0) is 31.0 Å². The predicted molar refractivity (Wildman–Crippen MR) is 103 cm³/mol. The van der Waals surface area contributed by atoms with Gasteiger partial charge in [-0.3, -0.25) is 4.79 Å². The third-order valence-corrected chi connectivity index (χ3v) is 4.51. The van der Waals surface area contributed by atoms with Crippen LogP contribution in [0, 0.1) is 6.92 Å². The first-order chi connectivity index (χ1) is 13.0. The fourth-order valence-electron chi connectivity index (χ4n) is 2.93. The highest BCUT2D eigenvalue weighted by molar-refractivity contribution is 5.98. The number of nitrogens with zero attached hydrogens (tertiary/aromatic N) is 1. The van der Waals surface area contributed by atoms with Gasteiger partial charge in [0.1, 0.15) is 5.75 Å². The van der Waals surface area contributed by atoms with Crippen LogP contribution in [-0.4, -0.2) is 37.3 Å². The molecule has 3 rings (SSSR count). The minimum Gasteiger partial charge on any atom is -0.481 e. The summed E-state index contributed by atoms with van der Waals surface area (Å²) in [6.07, 6.45) is 0.413. The van der Waals surface area contributed by atoms with Crippen molar-refractivity contribution in [3.05, 3.63) is 53.6 Å². The van der Waals surface area contributed by atoms with Gasteiger partial charge in [0.2, 0.25) is 0 Å². The summed E-state index contributed by atoms with van der Waals surface area (Å²) in [7, 11) is 1.69. The van der Waals surface area contributed by atoms with Crippen LogP contribution in [0.2, 0.25) is 0 Å². The molecule has 0 unspecified atom stereocenters. The van der Waals surface area contributed by atoms with Crippen LogP contribution in [-0.2, 0) is 4.79 Å². The van der Waals surface area contributed by atoms with Gasteiger partial charge in [-0.15, -0.1) is 0 Å². The van der Waals surface area contributed by atoms with E-state index >= 15 is 0 Å². The molecule has 2 aromatic carbocycles. The summed E-state index contributed by atoms with van der Waals surface area (Å²) in [4.78, 5) is 25.6. The number of carbonyl (C=O) groups excluding carboxylic acids is 2. The van der Waals surface area contributed by atoms with E-state index in [1.165, 1.54) is 4.90 Å². The standard InChI is InChI=1S/C20H23N3O4/c1-13-3-5-14(6-4-13)16(9-10-24)22-20(26)21-15-7-8-17-18(11-15)27-12-19(25)23(17)2/h3-8,11,16,24H,9-10,12H2,1-2H3,(H2,21,22,26)/t16-/m0/s1. The maximum Gasteiger partial charge on any atom is 0.319 e. The van der Waals surface area contributed by atoms with Crippen molar-refractivity contribution in [1.82, 2.24) is 5.32 Å². The first kappa shape index (κ1) is 18.7. The van der Waals surface area contributed by atoms with Crippen molar-refractivity contribution in [3.63, 3.8) is 0 Å². The topological polar surface area (TPSA) is 90.9 Å². The Bertz CT molecular complexity index is 836. The van der Waals surface area contributed by atoms with Crippen molar-refractivity contribution in [3.8, 4) is 5.75 Å². The van der Waals surface area contributed by atoms with Gasteiger partial charge in [0.05, 0.1) is 11.7 Å². The molecular weight excluding hydrogens is 346 g/mol. The van der Waals surface area contributed by atoms with E-state index in [2.05, 4.69) is 10.6 Å². The molecule has 142 valence electrons. The Hall–Kier alpha value is -3.06. The zero-order valence-electron chi connectivity index (χ0n) is 15.4. The van der Waals surface area contributed by atoms with Gasteiger partial charge < -0.3 is 25.4 Å². The van der Waals surface area contributed by atoms with Crippen LogP contribution in [0.3, 0.4) is 0 Å². The van der Waals surface area contributed by atoms with Crippen molar-refractivity contribution < 1.29 is 19.4 Å². The number of nitrogens with one attached hydrogen (secondary N) is 2. The van der Waals surface area contributed by atoms with Crippen LogP contribution < -0.4 is 20.3 Å². The Morgan fingerprint density at radius 2 is 2.00 bits per heavy atom. The molecule has 0 fully saturated rings. The van der Waals surface area contributed by atoms with E-state index in [4.69, 9.17) is 4.74 Å². The number of anilines is 2. The lowest BCUT2D eigenvalue weighted by molar-refractivity contribution is -0.120. The Morgan fingerprint density at radius 1 is 1.26 bits per heavy atom. The number of hydrogen-bond donors (Lipinski definition) is 3. The largest absolute Gasteiger partial charge is 0.481 e. The van der Waals surface area contributed by atoms with Crippen LogP contribution in [0.25, 0.3) is 0 Å². The molecule has 3 N–H and O–H groups in total. The highest BCUT2D eigenvalue weighted by Crippen LogP contribution is 2.33. The number of urea groups is 1. The van der Waals surface area contributed by atoms with Crippen LogP contribution in [0.15, 0.2) is 42.5 Å². The van der Waals surface area contributed by atoms with Crippen molar-refractivity contribution >= 4 is 23.3 Å². The summed E-state index contributed by atoms with van der Waals surface area (Å²) in [5, 5.41) is 15.0. The van der Waals surface area contributed by atoms with Crippen molar-refractivity contribution in [2.24, 2.45) is 0 Å². The molecule has 2 aromatic rings. The van der Waals surface area contributed by atoms with E-state index in [1.54, 1.807) is 25.2 Å². The van der Waals surface area contributed by atoms with Gasteiger partial charge in [0, 0.05) is 25.4 Å². The Balaban J connectivity index is 1.69. The third kappa shape index (κ3) is 4.38. The number of aliphatic hydroxyl groups excluding tert-OH is 1. The molecule has 0 spiro atoms. The molecule has 1 heterocycles. The van der Waals surface area contributed by atoms with Crippen LogP contribution in [0.5, 0.6) is 5.75 Å². The Morgan fingerprint density at radius 3 is 2.70 bits per heavy atom. The number of hydrogen-bond acceptors (Lipinski definition) is 4.